The third kappa shape index (κ3) is 3.74. The summed E-state index contributed by atoms with van der Waals surface area (Å²) in [5.41, 5.74) is 3.75. The molecule has 2 aromatic rings. The molecule has 0 radical (unpaired) electrons. The smallest absolute Gasteiger partial charge is 0.414 e. The number of methoxy groups -OCH3 is 1. The van der Waals surface area contributed by atoms with Crippen LogP contribution >= 0.6 is 0 Å². The van der Waals surface area contributed by atoms with Crippen LogP contribution in [0.1, 0.15) is 50.6 Å². The average molecular weight is 443 g/mol. The molecule has 2 aliphatic heterocycles. The summed E-state index contributed by atoms with van der Waals surface area (Å²) in [5, 5.41) is 7.60. The fraction of sp³-hybridized carbons (Fsp3) is 0.583. The zero-order valence-corrected chi connectivity index (χ0v) is 18.7. The fourth-order valence-electron chi connectivity index (χ4n) is 4.96. The van der Waals surface area contributed by atoms with E-state index in [1.807, 2.05) is 25.3 Å². The van der Waals surface area contributed by atoms with Crippen molar-refractivity contribution in [2.75, 3.05) is 25.1 Å². The highest BCUT2D eigenvalue weighted by Crippen LogP contribution is 2.45. The Morgan fingerprint density at radius 2 is 2.09 bits per heavy atom. The van der Waals surface area contributed by atoms with Crippen LogP contribution in [0.2, 0.25) is 0 Å². The number of ether oxygens (including phenoxy) is 2. The van der Waals surface area contributed by atoms with E-state index in [0.29, 0.717) is 13.0 Å². The zero-order valence-electron chi connectivity index (χ0n) is 18.7. The average Bonchev–Trinajstić information content (AvgIpc) is 3.25. The summed E-state index contributed by atoms with van der Waals surface area (Å²) in [6, 6.07) is 3.78. The molecule has 1 saturated heterocycles. The Bertz CT molecular complexity index is 990. The van der Waals surface area contributed by atoms with Crippen LogP contribution in [-0.2, 0) is 11.2 Å². The normalized spacial score (nSPS) is 25.7. The van der Waals surface area contributed by atoms with E-state index in [-0.39, 0.29) is 24.3 Å². The van der Waals surface area contributed by atoms with Gasteiger partial charge in [0.15, 0.2) is 0 Å². The van der Waals surface area contributed by atoms with E-state index in [2.05, 4.69) is 10.4 Å². The molecule has 172 valence electrons. The number of hydrogen-bond donors (Lipinski definition) is 1. The minimum absolute atomic E-state index is 0.0569. The van der Waals surface area contributed by atoms with Crippen molar-refractivity contribution in [3.63, 3.8) is 0 Å². The van der Waals surface area contributed by atoms with Crippen molar-refractivity contribution in [2.45, 2.75) is 69.8 Å². The summed E-state index contributed by atoms with van der Waals surface area (Å²) in [5.74, 6) is 0.828. The molecule has 0 spiro atoms. The molecule has 1 amide bonds. The van der Waals surface area contributed by atoms with E-state index in [0.717, 1.165) is 60.4 Å². The first kappa shape index (κ1) is 21.2. The molecule has 32 heavy (non-hydrogen) atoms. The first-order chi connectivity index (χ1) is 15.6. The number of nitrogens with one attached hydrogen (secondary N) is 1. The predicted octanol–water partition coefficient (Wildman–Crippen LogP) is 4.26. The molecule has 1 aromatic heterocycles. The quantitative estimate of drug-likeness (QED) is 0.766. The van der Waals surface area contributed by atoms with Gasteiger partial charge in [0.25, 0.3) is 0 Å². The van der Waals surface area contributed by atoms with Gasteiger partial charge in [0, 0.05) is 35.5 Å². The number of anilines is 1. The summed E-state index contributed by atoms with van der Waals surface area (Å²) in [6.07, 6.45) is 8.25. The molecule has 5 rings (SSSR count). The number of hydrogen-bond acceptors (Lipinski definition) is 5. The second-order valence-electron chi connectivity index (χ2n) is 9.12. The number of fused-ring (bicyclic) bond motifs is 1. The van der Waals surface area contributed by atoms with Gasteiger partial charge >= 0.3 is 6.09 Å². The maximum atomic E-state index is 14.5. The van der Waals surface area contributed by atoms with E-state index in [1.54, 1.807) is 15.8 Å². The Kier molecular flexibility index (Phi) is 5.80. The van der Waals surface area contributed by atoms with Gasteiger partial charge in [-0.25, -0.2) is 9.18 Å². The highest BCUT2D eigenvalue weighted by atomic mass is 19.1. The summed E-state index contributed by atoms with van der Waals surface area (Å²) in [4.78, 5) is 14.2. The lowest BCUT2D eigenvalue weighted by Crippen LogP contribution is -2.42. The molecular formula is C24H31FN4O3. The number of carbonyl (C=O) groups excluding carboxylic acids is 1. The Morgan fingerprint density at radius 3 is 2.81 bits per heavy atom. The molecule has 3 atom stereocenters. The summed E-state index contributed by atoms with van der Waals surface area (Å²) in [7, 11) is 1.41. The molecule has 8 heteroatoms. The molecule has 3 unspecified atom stereocenters. The Labute approximate surface area is 187 Å². The molecule has 1 saturated carbocycles. The van der Waals surface area contributed by atoms with Gasteiger partial charge in [-0.2, -0.15) is 5.10 Å². The SMILES string of the molecule is COC(=O)N1c2ccc(-c3cnn(C4CCNCC4F)c3)c(OC3CCC3)c2CCC1C. The lowest BCUT2D eigenvalue weighted by Gasteiger charge is -2.37. The number of halogens is 1. The lowest BCUT2D eigenvalue weighted by atomic mass is 9.91. The van der Waals surface area contributed by atoms with Crippen LogP contribution in [0, 0.1) is 0 Å². The van der Waals surface area contributed by atoms with Crippen LogP contribution < -0.4 is 15.0 Å². The number of aromatic nitrogens is 2. The zero-order chi connectivity index (χ0) is 22.2. The van der Waals surface area contributed by atoms with Crippen LogP contribution in [0.3, 0.4) is 0 Å². The van der Waals surface area contributed by atoms with Crippen LogP contribution in [0.25, 0.3) is 11.1 Å². The van der Waals surface area contributed by atoms with E-state index >= 15 is 0 Å². The Hall–Kier alpha value is -2.61. The minimum Gasteiger partial charge on any atom is -0.489 e. The standard InChI is InChI=1S/C24H31FN4O3/c1-15-6-7-19-21(29(15)24(30)31-2)9-8-18(23(19)32-17-4-3-5-17)16-12-27-28(14-16)22-10-11-26-13-20(22)25/h8-9,12,14-15,17,20,22,26H,3-7,10-11,13H2,1-2H3. The molecule has 2 fully saturated rings. The number of rotatable bonds is 4. The Balaban J connectivity index is 1.55. The van der Waals surface area contributed by atoms with Gasteiger partial charge in [0.2, 0.25) is 0 Å². The molecule has 7 nitrogen and oxygen atoms in total. The molecule has 0 bridgehead atoms. The maximum absolute atomic E-state index is 14.5. The molecular weight excluding hydrogens is 411 g/mol. The van der Waals surface area contributed by atoms with Crippen LogP contribution in [0.15, 0.2) is 24.5 Å². The van der Waals surface area contributed by atoms with Crippen molar-refractivity contribution in [2.24, 2.45) is 0 Å². The number of benzene rings is 1. The highest BCUT2D eigenvalue weighted by Gasteiger charge is 2.34. The van der Waals surface area contributed by atoms with Crippen molar-refractivity contribution in [3.8, 4) is 16.9 Å². The third-order valence-corrected chi connectivity index (χ3v) is 7.08. The maximum Gasteiger partial charge on any atom is 0.414 e. The minimum atomic E-state index is -0.958. The summed E-state index contributed by atoms with van der Waals surface area (Å²) >= 11 is 0. The number of alkyl halides is 1. The highest BCUT2D eigenvalue weighted by molar-refractivity contribution is 5.92. The van der Waals surface area contributed by atoms with Crippen molar-refractivity contribution in [1.82, 2.24) is 15.1 Å². The van der Waals surface area contributed by atoms with Crippen molar-refractivity contribution < 1.29 is 18.7 Å². The van der Waals surface area contributed by atoms with Gasteiger partial charge in [0.1, 0.15) is 11.9 Å². The van der Waals surface area contributed by atoms with Crippen molar-refractivity contribution >= 4 is 11.8 Å². The van der Waals surface area contributed by atoms with Gasteiger partial charge in [-0.05, 0) is 64.1 Å². The van der Waals surface area contributed by atoms with Gasteiger partial charge in [0.05, 0.1) is 31.1 Å². The number of carbonyl (C=O) groups is 1. The number of nitrogens with zero attached hydrogens (tertiary/aromatic N) is 3. The largest absolute Gasteiger partial charge is 0.489 e. The Morgan fingerprint density at radius 1 is 1.25 bits per heavy atom. The fourth-order valence-corrected chi connectivity index (χ4v) is 4.96. The molecule has 1 N–H and O–H groups in total. The number of piperidine rings is 1. The molecule has 1 aliphatic carbocycles. The summed E-state index contributed by atoms with van der Waals surface area (Å²) in [6.45, 7) is 3.18. The summed E-state index contributed by atoms with van der Waals surface area (Å²) < 4.78 is 27.8. The van der Waals surface area contributed by atoms with E-state index in [1.165, 1.54) is 13.5 Å². The predicted molar refractivity (Wildman–Crippen MR) is 120 cm³/mol. The third-order valence-electron chi connectivity index (χ3n) is 7.08. The van der Waals surface area contributed by atoms with E-state index in [4.69, 9.17) is 9.47 Å². The van der Waals surface area contributed by atoms with Gasteiger partial charge in [-0.1, -0.05) is 0 Å². The topological polar surface area (TPSA) is 68.6 Å². The van der Waals surface area contributed by atoms with E-state index < -0.39 is 6.17 Å². The molecule has 3 heterocycles. The second-order valence-corrected chi connectivity index (χ2v) is 9.12. The van der Waals surface area contributed by atoms with Crippen LogP contribution in [0.5, 0.6) is 5.75 Å². The number of amides is 1. The first-order valence-corrected chi connectivity index (χ1v) is 11.7. The van der Waals surface area contributed by atoms with Crippen LogP contribution in [-0.4, -0.2) is 54.4 Å². The van der Waals surface area contributed by atoms with Crippen LogP contribution in [0.4, 0.5) is 14.9 Å². The van der Waals surface area contributed by atoms with Gasteiger partial charge < -0.3 is 14.8 Å². The van der Waals surface area contributed by atoms with Gasteiger partial charge in [-0.3, -0.25) is 9.58 Å². The first-order valence-electron chi connectivity index (χ1n) is 11.7. The van der Waals surface area contributed by atoms with Gasteiger partial charge in [-0.15, -0.1) is 0 Å². The monoisotopic (exact) mass is 442 g/mol. The lowest BCUT2D eigenvalue weighted by molar-refractivity contribution is 0.119. The van der Waals surface area contributed by atoms with Crippen molar-refractivity contribution in [3.05, 3.63) is 30.1 Å². The van der Waals surface area contributed by atoms with Crippen molar-refractivity contribution in [1.29, 1.82) is 0 Å². The molecule has 1 aromatic carbocycles. The molecule has 3 aliphatic rings. The van der Waals surface area contributed by atoms with E-state index in [9.17, 15) is 9.18 Å². The second kappa shape index (κ2) is 8.73.